The Hall–Kier alpha value is -4.06. The molecule has 1 saturated carbocycles. The van der Waals surface area contributed by atoms with Gasteiger partial charge in [-0.25, -0.2) is 0 Å². The smallest absolute Gasteiger partial charge is 0.137 e. The van der Waals surface area contributed by atoms with E-state index in [-0.39, 0.29) is 11.5 Å². The third-order valence-electron chi connectivity index (χ3n) is 7.25. The van der Waals surface area contributed by atoms with Crippen LogP contribution in [0.3, 0.4) is 0 Å². The summed E-state index contributed by atoms with van der Waals surface area (Å²) >= 11 is 0. The predicted molar refractivity (Wildman–Crippen MR) is 135 cm³/mol. The monoisotopic (exact) mass is 459 g/mol. The number of ether oxygens (including phenoxy) is 2. The van der Waals surface area contributed by atoms with Crippen LogP contribution in [0.5, 0.6) is 5.75 Å². The molecule has 1 aliphatic carbocycles. The zero-order chi connectivity index (χ0) is 23.8. The minimum absolute atomic E-state index is 0.0895. The number of aromatic amines is 1. The fourth-order valence-corrected chi connectivity index (χ4v) is 4.98. The van der Waals surface area contributed by atoms with E-state index < -0.39 is 0 Å². The van der Waals surface area contributed by atoms with E-state index in [2.05, 4.69) is 59.6 Å². The molecule has 0 radical (unpaired) electrons. The first-order chi connectivity index (χ1) is 17.2. The summed E-state index contributed by atoms with van der Waals surface area (Å²) in [4.78, 5) is 3.54. The van der Waals surface area contributed by atoms with Gasteiger partial charge in [0.25, 0.3) is 0 Å². The lowest BCUT2D eigenvalue weighted by molar-refractivity contribution is 0.0254. The molecule has 4 aromatic rings. The van der Waals surface area contributed by atoms with E-state index in [1.165, 1.54) is 0 Å². The molecule has 2 heterocycles. The second-order valence-corrected chi connectivity index (χ2v) is 9.47. The zero-order valence-corrected chi connectivity index (χ0v) is 19.4. The summed E-state index contributed by atoms with van der Waals surface area (Å²) < 4.78 is 11.5. The molecule has 35 heavy (non-hydrogen) atoms. The summed E-state index contributed by atoms with van der Waals surface area (Å²) in [5, 5.41) is 20.4. The van der Waals surface area contributed by atoms with Crippen LogP contribution >= 0.6 is 0 Å². The Morgan fingerprint density at radius 1 is 0.914 bits per heavy atom. The van der Waals surface area contributed by atoms with Gasteiger partial charge in [0.2, 0.25) is 0 Å². The van der Waals surface area contributed by atoms with Crippen LogP contribution in [0.25, 0.3) is 33.3 Å². The molecule has 172 valence electrons. The van der Waals surface area contributed by atoms with Crippen molar-refractivity contribution in [3.8, 4) is 40.3 Å². The summed E-state index contributed by atoms with van der Waals surface area (Å²) in [6.07, 6.45) is 3.67. The molecule has 5 nitrogen and oxygen atoms in total. The highest BCUT2D eigenvalue weighted by molar-refractivity contribution is 5.98. The number of nitriles is 2. The lowest BCUT2D eigenvalue weighted by Gasteiger charge is -2.24. The van der Waals surface area contributed by atoms with Crippen molar-refractivity contribution in [1.29, 1.82) is 10.5 Å². The number of hydrogen-bond donors (Lipinski definition) is 1. The zero-order valence-electron chi connectivity index (χ0n) is 19.4. The van der Waals surface area contributed by atoms with Gasteiger partial charge in [-0.05, 0) is 59.4 Å². The van der Waals surface area contributed by atoms with Crippen LogP contribution in [0.4, 0.5) is 0 Å². The van der Waals surface area contributed by atoms with Crippen molar-refractivity contribution in [2.45, 2.75) is 37.2 Å². The van der Waals surface area contributed by atoms with Crippen molar-refractivity contribution in [1.82, 2.24) is 4.98 Å². The molecule has 3 aromatic carbocycles. The van der Waals surface area contributed by atoms with Crippen LogP contribution in [0.1, 0.15) is 36.8 Å². The molecule has 1 saturated heterocycles. The van der Waals surface area contributed by atoms with Gasteiger partial charge in [-0.2, -0.15) is 10.5 Å². The number of benzene rings is 3. The number of nitrogens with zero attached hydrogens (tertiary/aromatic N) is 2. The van der Waals surface area contributed by atoms with Gasteiger partial charge in [-0.1, -0.05) is 42.5 Å². The summed E-state index contributed by atoms with van der Waals surface area (Å²) in [6, 6.07) is 27.3. The van der Waals surface area contributed by atoms with Crippen LogP contribution in [-0.4, -0.2) is 24.3 Å². The van der Waals surface area contributed by atoms with Crippen LogP contribution in [0.15, 0.2) is 66.7 Å². The SMILES string of the molecule is N#Cc1cc(-c2cccc3[nH]c(-c4ccc(C5(C#N)CC5)cc4)cc23)ccc1OC1CCOCC1. The van der Waals surface area contributed by atoms with Gasteiger partial charge in [0.05, 0.1) is 30.3 Å². The Balaban J connectivity index is 1.32. The molecule has 0 bridgehead atoms. The number of aromatic nitrogens is 1. The standard InChI is InChI=1S/C30H25N3O2/c31-18-22-16-21(6-9-29(22)35-24-10-14-34-15-11-24)25-2-1-3-27-26(25)17-28(33-27)20-4-7-23(8-5-20)30(19-32)12-13-30/h1-9,16-17,24,33H,10-15H2. The maximum Gasteiger partial charge on any atom is 0.137 e. The van der Waals surface area contributed by atoms with Crippen molar-refractivity contribution in [2.75, 3.05) is 13.2 Å². The number of rotatable bonds is 5. The summed E-state index contributed by atoms with van der Waals surface area (Å²) in [5.74, 6) is 0.635. The lowest BCUT2D eigenvalue weighted by atomic mass is 9.96. The number of nitrogens with one attached hydrogen (secondary N) is 1. The maximum atomic E-state index is 9.81. The van der Waals surface area contributed by atoms with E-state index in [1.807, 2.05) is 24.3 Å². The third kappa shape index (κ3) is 3.95. The maximum absolute atomic E-state index is 9.81. The van der Waals surface area contributed by atoms with Gasteiger partial charge in [-0.15, -0.1) is 0 Å². The van der Waals surface area contributed by atoms with Gasteiger partial charge in [0, 0.05) is 29.4 Å². The molecule has 6 rings (SSSR count). The summed E-state index contributed by atoms with van der Waals surface area (Å²) in [7, 11) is 0. The van der Waals surface area contributed by atoms with Gasteiger partial charge < -0.3 is 14.5 Å². The van der Waals surface area contributed by atoms with Gasteiger partial charge in [0.1, 0.15) is 17.9 Å². The normalized spacial score (nSPS) is 17.0. The molecule has 1 aromatic heterocycles. The minimum Gasteiger partial charge on any atom is -0.489 e. The number of hydrogen-bond acceptors (Lipinski definition) is 4. The second-order valence-electron chi connectivity index (χ2n) is 9.47. The molecular weight excluding hydrogens is 434 g/mol. The minimum atomic E-state index is -0.273. The first kappa shape index (κ1) is 21.5. The fourth-order valence-electron chi connectivity index (χ4n) is 4.98. The largest absolute Gasteiger partial charge is 0.489 e. The van der Waals surface area contributed by atoms with E-state index in [9.17, 15) is 10.5 Å². The average molecular weight is 460 g/mol. The quantitative estimate of drug-likeness (QED) is 0.370. The number of fused-ring (bicyclic) bond motifs is 1. The van der Waals surface area contributed by atoms with E-state index >= 15 is 0 Å². The molecule has 5 heteroatoms. The fraction of sp³-hybridized carbons (Fsp3) is 0.267. The van der Waals surface area contributed by atoms with Crippen molar-refractivity contribution in [3.05, 3.63) is 77.9 Å². The molecule has 0 unspecified atom stereocenters. The van der Waals surface area contributed by atoms with Crippen LogP contribution in [-0.2, 0) is 10.2 Å². The Bertz CT molecular complexity index is 1480. The second kappa shape index (κ2) is 8.62. The predicted octanol–water partition coefficient (Wildman–Crippen LogP) is 6.49. The molecule has 2 aliphatic rings. The first-order valence-electron chi connectivity index (χ1n) is 12.1. The molecule has 2 fully saturated rings. The third-order valence-corrected chi connectivity index (χ3v) is 7.25. The molecular formula is C30H25N3O2. The van der Waals surface area contributed by atoms with Crippen molar-refractivity contribution < 1.29 is 9.47 Å². The Morgan fingerprint density at radius 3 is 2.40 bits per heavy atom. The van der Waals surface area contributed by atoms with E-state index in [4.69, 9.17) is 9.47 Å². The highest BCUT2D eigenvalue weighted by atomic mass is 16.5. The lowest BCUT2D eigenvalue weighted by Crippen LogP contribution is -2.26. The first-order valence-corrected chi connectivity index (χ1v) is 12.1. The van der Waals surface area contributed by atoms with Crippen molar-refractivity contribution in [3.63, 3.8) is 0 Å². The Labute approximate surface area is 204 Å². The van der Waals surface area contributed by atoms with E-state index in [0.29, 0.717) is 24.5 Å². The molecule has 0 spiro atoms. The summed E-state index contributed by atoms with van der Waals surface area (Å²) in [5.41, 5.74) is 6.58. The van der Waals surface area contributed by atoms with Crippen molar-refractivity contribution >= 4 is 10.9 Å². The summed E-state index contributed by atoms with van der Waals surface area (Å²) in [6.45, 7) is 1.40. The van der Waals surface area contributed by atoms with Crippen molar-refractivity contribution in [2.24, 2.45) is 0 Å². The molecule has 0 amide bonds. The van der Waals surface area contributed by atoms with Crippen LogP contribution < -0.4 is 4.74 Å². The molecule has 1 N–H and O–H groups in total. The van der Waals surface area contributed by atoms with Crippen LogP contribution in [0.2, 0.25) is 0 Å². The molecule has 0 atom stereocenters. The number of H-pyrrole nitrogens is 1. The molecule has 1 aliphatic heterocycles. The van der Waals surface area contributed by atoms with Crippen LogP contribution in [0, 0.1) is 22.7 Å². The van der Waals surface area contributed by atoms with E-state index in [1.54, 1.807) is 0 Å². The van der Waals surface area contributed by atoms with Gasteiger partial charge in [-0.3, -0.25) is 0 Å². The Morgan fingerprint density at radius 2 is 1.69 bits per heavy atom. The topological polar surface area (TPSA) is 81.8 Å². The van der Waals surface area contributed by atoms with Gasteiger partial charge >= 0.3 is 0 Å². The highest BCUT2D eigenvalue weighted by Gasteiger charge is 2.44. The highest BCUT2D eigenvalue weighted by Crippen LogP contribution is 2.47. The average Bonchev–Trinajstić information content (AvgIpc) is 3.60. The van der Waals surface area contributed by atoms with Gasteiger partial charge in [0.15, 0.2) is 0 Å². The Kier molecular flexibility index (Phi) is 5.29. The van der Waals surface area contributed by atoms with E-state index in [0.717, 1.165) is 64.5 Å².